The molecular weight excluding hydrogens is 298 g/mol. The molecule has 6 heteroatoms. The van der Waals surface area contributed by atoms with Gasteiger partial charge >= 0.3 is 0 Å². The summed E-state index contributed by atoms with van der Waals surface area (Å²) in [5.74, 6) is 0.887. The number of hydrogen-bond donors (Lipinski definition) is 1. The number of carbonyl (C=O) groups excluding carboxylic acids is 1. The minimum atomic E-state index is -0.0697. The number of benzene rings is 1. The van der Waals surface area contributed by atoms with Gasteiger partial charge in [0.25, 0.3) is 0 Å². The molecule has 3 aromatic rings. The molecule has 1 aromatic carbocycles. The first-order chi connectivity index (χ1) is 10.7. The number of aryl methyl sites for hydroxylation is 1. The molecule has 0 bridgehead atoms. The van der Waals surface area contributed by atoms with Crippen molar-refractivity contribution in [3.8, 4) is 10.7 Å². The van der Waals surface area contributed by atoms with E-state index < -0.39 is 0 Å². The third-order valence-corrected chi connectivity index (χ3v) is 4.00. The van der Waals surface area contributed by atoms with Crippen LogP contribution in [0.5, 0.6) is 0 Å². The minimum absolute atomic E-state index is 0.0697. The Bertz CT molecular complexity index is 748. The molecule has 0 atom stereocenters. The highest BCUT2D eigenvalue weighted by atomic mass is 32.1. The number of hydrogen-bond acceptors (Lipinski definition) is 5. The summed E-state index contributed by atoms with van der Waals surface area (Å²) < 4.78 is 5.14. The van der Waals surface area contributed by atoms with Gasteiger partial charge in [-0.3, -0.25) is 4.79 Å². The van der Waals surface area contributed by atoms with Gasteiger partial charge in [-0.15, -0.1) is 11.3 Å². The molecule has 0 saturated heterocycles. The van der Waals surface area contributed by atoms with Crippen molar-refractivity contribution >= 4 is 17.2 Å². The lowest BCUT2D eigenvalue weighted by Gasteiger charge is -2.03. The van der Waals surface area contributed by atoms with E-state index >= 15 is 0 Å². The Balaban J connectivity index is 1.54. The fraction of sp³-hybridized carbons (Fsp3) is 0.188. The highest BCUT2D eigenvalue weighted by Crippen LogP contribution is 2.21. The summed E-state index contributed by atoms with van der Waals surface area (Å²) in [5, 5.41) is 8.65. The van der Waals surface area contributed by atoms with Crippen LogP contribution in [0.15, 0.2) is 46.3 Å². The number of aromatic nitrogens is 2. The van der Waals surface area contributed by atoms with Gasteiger partial charge in [-0.25, -0.2) is 0 Å². The summed E-state index contributed by atoms with van der Waals surface area (Å²) in [7, 11) is 0. The number of nitrogens with one attached hydrogen (secondary N) is 1. The molecule has 0 fully saturated rings. The summed E-state index contributed by atoms with van der Waals surface area (Å²) in [4.78, 5) is 17.1. The average Bonchev–Trinajstić information content (AvgIpc) is 3.18. The Morgan fingerprint density at radius 1 is 1.27 bits per heavy atom. The van der Waals surface area contributed by atoms with Gasteiger partial charge in [0, 0.05) is 0 Å². The minimum Gasteiger partial charge on any atom is -0.347 e. The second kappa shape index (κ2) is 6.53. The topological polar surface area (TPSA) is 68.0 Å². The predicted octanol–water partition coefficient (Wildman–Crippen LogP) is 2.97. The lowest BCUT2D eigenvalue weighted by molar-refractivity contribution is -0.120. The van der Waals surface area contributed by atoms with Crippen molar-refractivity contribution in [2.24, 2.45) is 0 Å². The van der Waals surface area contributed by atoms with Crippen LogP contribution >= 0.6 is 11.3 Å². The smallest absolute Gasteiger partial charge is 0.246 e. The number of thiophene rings is 1. The zero-order valence-electron chi connectivity index (χ0n) is 12.1. The molecule has 3 rings (SSSR count). The first kappa shape index (κ1) is 14.5. The van der Waals surface area contributed by atoms with Gasteiger partial charge in [0.2, 0.25) is 17.6 Å². The molecule has 112 valence electrons. The van der Waals surface area contributed by atoms with E-state index in [0.29, 0.717) is 18.1 Å². The summed E-state index contributed by atoms with van der Waals surface area (Å²) in [6, 6.07) is 11.8. The van der Waals surface area contributed by atoms with Gasteiger partial charge in [0.1, 0.15) is 0 Å². The monoisotopic (exact) mass is 313 g/mol. The maximum Gasteiger partial charge on any atom is 0.246 e. The van der Waals surface area contributed by atoms with Crippen molar-refractivity contribution in [3.05, 3.63) is 58.8 Å². The summed E-state index contributed by atoms with van der Waals surface area (Å²) >= 11 is 1.54. The molecule has 0 aliphatic rings. The normalized spacial score (nSPS) is 10.6. The number of amides is 1. The molecule has 0 saturated carbocycles. The van der Waals surface area contributed by atoms with E-state index in [9.17, 15) is 4.79 Å². The van der Waals surface area contributed by atoms with E-state index in [1.165, 1.54) is 5.56 Å². The SMILES string of the molecule is Cc1ccc(CC(=O)NCc2nc(-c3cccs3)no2)cc1. The fourth-order valence-corrected chi connectivity index (χ4v) is 2.61. The third-order valence-electron chi connectivity index (χ3n) is 3.13. The van der Waals surface area contributed by atoms with Crippen LogP contribution in [0.4, 0.5) is 0 Å². The van der Waals surface area contributed by atoms with Gasteiger partial charge < -0.3 is 9.84 Å². The number of rotatable bonds is 5. The van der Waals surface area contributed by atoms with Crippen molar-refractivity contribution in [1.82, 2.24) is 15.5 Å². The van der Waals surface area contributed by atoms with Crippen LogP contribution < -0.4 is 5.32 Å². The van der Waals surface area contributed by atoms with E-state index in [1.807, 2.05) is 48.7 Å². The summed E-state index contributed by atoms with van der Waals surface area (Å²) in [6.07, 6.45) is 0.339. The molecule has 0 unspecified atom stereocenters. The second-order valence-electron chi connectivity index (χ2n) is 4.93. The Labute approximate surface area is 132 Å². The van der Waals surface area contributed by atoms with Gasteiger partial charge in [0.15, 0.2) is 0 Å². The molecule has 2 heterocycles. The Hall–Kier alpha value is -2.47. The first-order valence-corrected chi connectivity index (χ1v) is 7.77. The van der Waals surface area contributed by atoms with Gasteiger partial charge in [-0.2, -0.15) is 4.98 Å². The molecular formula is C16H15N3O2S. The van der Waals surface area contributed by atoms with Gasteiger partial charge in [-0.05, 0) is 23.9 Å². The molecule has 0 radical (unpaired) electrons. The zero-order valence-corrected chi connectivity index (χ0v) is 12.9. The number of carbonyl (C=O) groups is 1. The molecule has 2 aromatic heterocycles. The lowest BCUT2D eigenvalue weighted by Crippen LogP contribution is -2.24. The molecule has 22 heavy (non-hydrogen) atoms. The molecule has 0 aliphatic carbocycles. The van der Waals surface area contributed by atoms with E-state index in [-0.39, 0.29) is 12.5 Å². The molecule has 5 nitrogen and oxygen atoms in total. The standard InChI is InChI=1S/C16H15N3O2S/c1-11-4-6-12(7-5-11)9-14(20)17-10-15-18-16(19-21-15)13-3-2-8-22-13/h2-8H,9-10H2,1H3,(H,17,20). The zero-order chi connectivity index (χ0) is 15.4. The van der Waals surface area contributed by atoms with E-state index in [4.69, 9.17) is 4.52 Å². The number of nitrogens with zero attached hydrogens (tertiary/aromatic N) is 2. The van der Waals surface area contributed by atoms with E-state index in [2.05, 4.69) is 15.5 Å². The molecule has 0 spiro atoms. The van der Waals surface area contributed by atoms with Crippen LogP contribution in [0.2, 0.25) is 0 Å². The van der Waals surface area contributed by atoms with Crippen molar-refractivity contribution in [2.45, 2.75) is 19.9 Å². The van der Waals surface area contributed by atoms with Crippen LogP contribution in [0.1, 0.15) is 17.0 Å². The molecule has 1 amide bonds. The van der Waals surface area contributed by atoms with E-state index in [0.717, 1.165) is 10.4 Å². The van der Waals surface area contributed by atoms with Crippen LogP contribution in [0.3, 0.4) is 0 Å². The highest BCUT2D eigenvalue weighted by molar-refractivity contribution is 7.13. The van der Waals surface area contributed by atoms with Crippen molar-refractivity contribution in [3.63, 3.8) is 0 Å². The quantitative estimate of drug-likeness (QED) is 0.786. The predicted molar refractivity (Wildman–Crippen MR) is 84.3 cm³/mol. The van der Waals surface area contributed by atoms with Crippen molar-refractivity contribution in [1.29, 1.82) is 0 Å². The molecule has 0 aliphatic heterocycles. The first-order valence-electron chi connectivity index (χ1n) is 6.89. The summed E-state index contributed by atoms with van der Waals surface area (Å²) in [5.41, 5.74) is 2.16. The lowest BCUT2D eigenvalue weighted by atomic mass is 10.1. The maximum atomic E-state index is 11.9. The largest absolute Gasteiger partial charge is 0.347 e. The summed E-state index contributed by atoms with van der Waals surface area (Å²) in [6.45, 7) is 2.26. The third kappa shape index (κ3) is 3.59. The second-order valence-corrected chi connectivity index (χ2v) is 5.88. The van der Waals surface area contributed by atoms with Crippen LogP contribution in [0, 0.1) is 6.92 Å². The Morgan fingerprint density at radius 3 is 2.82 bits per heavy atom. The van der Waals surface area contributed by atoms with Crippen LogP contribution in [0.25, 0.3) is 10.7 Å². The average molecular weight is 313 g/mol. The Kier molecular flexibility index (Phi) is 4.29. The highest BCUT2D eigenvalue weighted by Gasteiger charge is 2.10. The Morgan fingerprint density at radius 2 is 2.09 bits per heavy atom. The van der Waals surface area contributed by atoms with Crippen LogP contribution in [-0.2, 0) is 17.8 Å². The molecule has 1 N–H and O–H groups in total. The van der Waals surface area contributed by atoms with Crippen LogP contribution in [-0.4, -0.2) is 16.0 Å². The van der Waals surface area contributed by atoms with Crippen molar-refractivity contribution < 1.29 is 9.32 Å². The maximum absolute atomic E-state index is 11.9. The van der Waals surface area contributed by atoms with Crippen molar-refractivity contribution in [2.75, 3.05) is 0 Å². The van der Waals surface area contributed by atoms with E-state index in [1.54, 1.807) is 11.3 Å². The fourth-order valence-electron chi connectivity index (χ4n) is 1.96. The van der Waals surface area contributed by atoms with Gasteiger partial charge in [0.05, 0.1) is 17.8 Å². The van der Waals surface area contributed by atoms with Gasteiger partial charge in [-0.1, -0.05) is 41.1 Å².